The number of carbonyl (C=O) groups is 1. The smallest absolute Gasteiger partial charge is 0.409 e. The number of aryl methyl sites for hydroxylation is 1. The van der Waals surface area contributed by atoms with E-state index in [0.717, 1.165) is 12.1 Å². The van der Waals surface area contributed by atoms with Gasteiger partial charge in [0.05, 0.1) is 12.0 Å². The van der Waals surface area contributed by atoms with Crippen molar-refractivity contribution in [2.45, 2.75) is 19.4 Å². The molecule has 1 amide bonds. The van der Waals surface area contributed by atoms with Gasteiger partial charge in [0.1, 0.15) is 0 Å². The molecule has 108 valence electrons. The molecule has 0 aromatic heterocycles. The number of nitro groups is 1. The average Bonchev–Trinajstić information content (AvgIpc) is 2.86. The fourth-order valence-electron chi connectivity index (χ4n) is 2.36. The maximum Gasteiger partial charge on any atom is 0.409 e. The third kappa shape index (κ3) is 2.98. The summed E-state index contributed by atoms with van der Waals surface area (Å²) in [6, 6.07) is 5.06. The molecule has 0 aliphatic carbocycles. The lowest BCUT2D eigenvalue weighted by Gasteiger charge is -2.16. The lowest BCUT2D eigenvalue weighted by Crippen LogP contribution is -2.31. The van der Waals surface area contributed by atoms with Crippen molar-refractivity contribution >= 4 is 17.5 Å². The molecule has 1 aliphatic rings. The standard InChI is InChI=1S/C13H17N3O4/c1-9-7-10(3-4-12(9)16(18)19)14-11-5-6-15(8-11)13(17)20-2/h3-4,7,11,14H,5-6,8H2,1-2H3. The molecule has 1 aromatic carbocycles. The number of rotatable bonds is 3. The number of nitrogens with zero attached hydrogens (tertiary/aromatic N) is 2. The van der Waals surface area contributed by atoms with Crippen molar-refractivity contribution in [1.29, 1.82) is 0 Å². The summed E-state index contributed by atoms with van der Waals surface area (Å²) < 4.78 is 4.68. The first-order valence-electron chi connectivity index (χ1n) is 6.35. The van der Waals surface area contributed by atoms with E-state index in [1.54, 1.807) is 24.0 Å². The lowest BCUT2D eigenvalue weighted by atomic mass is 10.1. The summed E-state index contributed by atoms with van der Waals surface area (Å²) >= 11 is 0. The summed E-state index contributed by atoms with van der Waals surface area (Å²) in [6.07, 6.45) is 0.500. The molecule has 0 spiro atoms. The Bertz CT molecular complexity index is 532. The van der Waals surface area contributed by atoms with Gasteiger partial charge in [0.25, 0.3) is 5.69 Å². The SMILES string of the molecule is COC(=O)N1CCC(Nc2ccc([N+](=O)[O-])c(C)c2)C1. The van der Waals surface area contributed by atoms with Gasteiger partial charge in [0.2, 0.25) is 0 Å². The molecule has 0 saturated carbocycles. The number of benzene rings is 1. The van der Waals surface area contributed by atoms with E-state index >= 15 is 0 Å². The topological polar surface area (TPSA) is 84.7 Å². The quantitative estimate of drug-likeness (QED) is 0.677. The van der Waals surface area contributed by atoms with Crippen LogP contribution in [0.2, 0.25) is 0 Å². The number of hydrogen-bond acceptors (Lipinski definition) is 5. The van der Waals surface area contributed by atoms with Gasteiger partial charge in [-0.25, -0.2) is 4.79 Å². The number of amides is 1. The summed E-state index contributed by atoms with van der Waals surface area (Å²) in [6.45, 7) is 2.93. The Morgan fingerprint density at radius 1 is 1.55 bits per heavy atom. The second-order valence-corrected chi connectivity index (χ2v) is 4.80. The number of likely N-dealkylation sites (tertiary alicyclic amines) is 1. The molecule has 1 aromatic rings. The highest BCUT2D eigenvalue weighted by atomic mass is 16.6. The van der Waals surface area contributed by atoms with Gasteiger partial charge < -0.3 is 15.0 Å². The molecule has 20 heavy (non-hydrogen) atoms. The molecule has 1 fully saturated rings. The van der Waals surface area contributed by atoms with E-state index in [-0.39, 0.29) is 17.8 Å². The molecule has 1 saturated heterocycles. The first-order valence-corrected chi connectivity index (χ1v) is 6.35. The highest BCUT2D eigenvalue weighted by molar-refractivity contribution is 5.68. The monoisotopic (exact) mass is 279 g/mol. The van der Waals surface area contributed by atoms with E-state index in [4.69, 9.17) is 0 Å². The molecule has 0 radical (unpaired) electrons. The highest BCUT2D eigenvalue weighted by Gasteiger charge is 2.26. The minimum Gasteiger partial charge on any atom is -0.453 e. The van der Waals surface area contributed by atoms with E-state index in [2.05, 4.69) is 10.1 Å². The fourth-order valence-corrected chi connectivity index (χ4v) is 2.36. The zero-order valence-electron chi connectivity index (χ0n) is 11.5. The molecular formula is C13H17N3O4. The Labute approximate surface area is 116 Å². The second-order valence-electron chi connectivity index (χ2n) is 4.80. The molecule has 1 heterocycles. The van der Waals surface area contributed by atoms with Crippen molar-refractivity contribution in [1.82, 2.24) is 4.90 Å². The number of methoxy groups -OCH3 is 1. The first kappa shape index (κ1) is 14.1. The van der Waals surface area contributed by atoms with Crippen LogP contribution in [0.15, 0.2) is 18.2 Å². The molecule has 1 atom stereocenters. The summed E-state index contributed by atoms with van der Waals surface area (Å²) in [5.41, 5.74) is 1.55. The van der Waals surface area contributed by atoms with Crippen LogP contribution in [0.1, 0.15) is 12.0 Å². The van der Waals surface area contributed by atoms with Gasteiger partial charge in [-0.15, -0.1) is 0 Å². The third-order valence-corrected chi connectivity index (χ3v) is 3.39. The first-order chi connectivity index (χ1) is 9.51. The van der Waals surface area contributed by atoms with Gasteiger partial charge >= 0.3 is 6.09 Å². The van der Waals surface area contributed by atoms with Gasteiger partial charge in [-0.1, -0.05) is 0 Å². The minimum absolute atomic E-state index is 0.109. The van der Waals surface area contributed by atoms with Crippen molar-refractivity contribution < 1.29 is 14.5 Å². The number of carbonyl (C=O) groups excluding carboxylic acids is 1. The van der Waals surface area contributed by atoms with E-state index in [0.29, 0.717) is 18.7 Å². The number of ether oxygens (including phenoxy) is 1. The van der Waals surface area contributed by atoms with Crippen LogP contribution < -0.4 is 5.32 Å². The van der Waals surface area contributed by atoms with Crippen LogP contribution in [0.5, 0.6) is 0 Å². The maximum absolute atomic E-state index is 11.4. The summed E-state index contributed by atoms with van der Waals surface area (Å²) in [4.78, 5) is 23.4. The van der Waals surface area contributed by atoms with Crippen LogP contribution >= 0.6 is 0 Å². The molecule has 1 N–H and O–H groups in total. The van der Waals surface area contributed by atoms with E-state index < -0.39 is 4.92 Å². The van der Waals surface area contributed by atoms with Crippen molar-refractivity contribution in [2.24, 2.45) is 0 Å². The van der Waals surface area contributed by atoms with Crippen LogP contribution in [-0.4, -0.2) is 42.2 Å². The maximum atomic E-state index is 11.4. The van der Waals surface area contributed by atoms with Crippen LogP contribution in [0, 0.1) is 17.0 Å². The molecular weight excluding hydrogens is 262 g/mol. The zero-order chi connectivity index (χ0) is 14.7. The van der Waals surface area contributed by atoms with Gasteiger partial charge in [0, 0.05) is 36.4 Å². The lowest BCUT2D eigenvalue weighted by molar-refractivity contribution is -0.385. The molecule has 1 aliphatic heterocycles. The Kier molecular flexibility index (Phi) is 4.07. The highest BCUT2D eigenvalue weighted by Crippen LogP contribution is 2.23. The van der Waals surface area contributed by atoms with Gasteiger partial charge in [-0.3, -0.25) is 10.1 Å². The molecule has 0 bridgehead atoms. The predicted molar refractivity (Wildman–Crippen MR) is 73.8 cm³/mol. The van der Waals surface area contributed by atoms with Crippen molar-refractivity contribution in [2.75, 3.05) is 25.5 Å². The third-order valence-electron chi connectivity index (χ3n) is 3.39. The van der Waals surface area contributed by atoms with E-state index in [9.17, 15) is 14.9 Å². The van der Waals surface area contributed by atoms with Crippen molar-refractivity contribution in [3.05, 3.63) is 33.9 Å². The minimum atomic E-state index is -0.395. The Balaban J connectivity index is 2.00. The van der Waals surface area contributed by atoms with Crippen LogP contribution in [0.4, 0.5) is 16.2 Å². The predicted octanol–water partition coefficient (Wildman–Crippen LogP) is 2.16. The summed E-state index contributed by atoms with van der Waals surface area (Å²) in [5, 5.41) is 14.0. The number of hydrogen-bond donors (Lipinski definition) is 1. The van der Waals surface area contributed by atoms with Crippen molar-refractivity contribution in [3.63, 3.8) is 0 Å². The van der Waals surface area contributed by atoms with Gasteiger partial charge in [0.15, 0.2) is 0 Å². The van der Waals surface area contributed by atoms with Crippen LogP contribution in [0.25, 0.3) is 0 Å². The normalized spacial score (nSPS) is 17.9. The zero-order valence-corrected chi connectivity index (χ0v) is 11.5. The Hall–Kier alpha value is -2.31. The summed E-state index contributed by atoms with van der Waals surface area (Å²) in [5.74, 6) is 0. The number of nitrogens with one attached hydrogen (secondary N) is 1. The fraction of sp³-hybridized carbons (Fsp3) is 0.462. The second kappa shape index (κ2) is 5.77. The number of anilines is 1. The van der Waals surface area contributed by atoms with Crippen LogP contribution in [0.3, 0.4) is 0 Å². The van der Waals surface area contributed by atoms with E-state index in [1.807, 2.05) is 0 Å². The summed E-state index contributed by atoms with van der Waals surface area (Å²) in [7, 11) is 1.36. The molecule has 2 rings (SSSR count). The molecule has 7 heteroatoms. The molecule has 1 unspecified atom stereocenters. The van der Waals surface area contributed by atoms with Gasteiger partial charge in [-0.05, 0) is 25.5 Å². The van der Waals surface area contributed by atoms with Crippen molar-refractivity contribution in [3.8, 4) is 0 Å². The van der Waals surface area contributed by atoms with E-state index in [1.165, 1.54) is 13.2 Å². The largest absolute Gasteiger partial charge is 0.453 e. The Morgan fingerprint density at radius 3 is 2.90 bits per heavy atom. The number of nitro benzene ring substituents is 1. The molecule has 7 nitrogen and oxygen atoms in total. The van der Waals surface area contributed by atoms with Gasteiger partial charge in [-0.2, -0.15) is 0 Å². The average molecular weight is 279 g/mol. The Morgan fingerprint density at radius 2 is 2.30 bits per heavy atom. The van der Waals surface area contributed by atoms with Crippen LogP contribution in [-0.2, 0) is 4.74 Å².